The average Bonchev–Trinajstić information content (AvgIpc) is 2.26. The molecule has 1 aromatic carbocycles. The lowest BCUT2D eigenvalue weighted by atomic mass is 10.0. The molecule has 1 rings (SSSR count). The van der Waals surface area contributed by atoms with Crippen LogP contribution >= 0.6 is 28.3 Å². The van der Waals surface area contributed by atoms with Gasteiger partial charge in [-0.3, -0.25) is 0 Å². The molecule has 0 spiro atoms. The van der Waals surface area contributed by atoms with Crippen molar-refractivity contribution in [3.63, 3.8) is 0 Å². The minimum atomic E-state index is -4.72. The van der Waals surface area contributed by atoms with Crippen LogP contribution in [0.2, 0.25) is 0 Å². The fraction of sp³-hybridized carbons (Fsp3) is 0.333. The van der Waals surface area contributed by atoms with E-state index in [0.29, 0.717) is 22.9 Å². The van der Waals surface area contributed by atoms with E-state index in [1.54, 1.807) is 6.08 Å². The van der Waals surface area contributed by atoms with Gasteiger partial charge in [-0.05, 0) is 31.0 Å². The van der Waals surface area contributed by atoms with Crippen LogP contribution in [0.3, 0.4) is 0 Å². The number of rotatable bonds is 5. The van der Waals surface area contributed by atoms with Crippen LogP contribution in [0.15, 0.2) is 35.3 Å². The van der Waals surface area contributed by atoms with E-state index in [1.807, 2.05) is 0 Å². The lowest BCUT2D eigenvalue weighted by Crippen LogP contribution is -2.20. The van der Waals surface area contributed by atoms with Crippen molar-refractivity contribution in [3.05, 3.63) is 40.9 Å². The Morgan fingerprint density at radius 3 is 2.58 bits per heavy atom. The Bertz CT molecular complexity index is 426. The molecular weight excluding hydrogens is 346 g/mol. The lowest BCUT2D eigenvalue weighted by Gasteiger charge is -2.18. The Morgan fingerprint density at radius 2 is 2.05 bits per heavy atom. The first-order valence-corrected chi connectivity index (χ1v) is 6.04. The summed E-state index contributed by atoms with van der Waals surface area (Å²) in [5.74, 6) is -0.262. The number of alkyl halides is 3. The second kappa shape index (κ2) is 7.77. The summed E-state index contributed by atoms with van der Waals surface area (Å²) in [6, 6.07) is 3.73. The van der Waals surface area contributed by atoms with Crippen molar-refractivity contribution < 1.29 is 17.9 Å². The van der Waals surface area contributed by atoms with Gasteiger partial charge in [0.1, 0.15) is 5.75 Å². The maximum Gasteiger partial charge on any atom is 0.573 e. The van der Waals surface area contributed by atoms with Gasteiger partial charge in [0.05, 0.1) is 0 Å². The molecule has 0 fully saturated rings. The molecule has 0 aromatic heterocycles. The first-order chi connectivity index (χ1) is 8.33. The summed E-state index contributed by atoms with van der Waals surface area (Å²) in [6.45, 7) is 3.55. The van der Waals surface area contributed by atoms with Crippen LogP contribution in [0, 0.1) is 0 Å². The number of nitrogens with two attached hydrogens (primary N) is 1. The topological polar surface area (TPSA) is 35.2 Å². The molecule has 2 N–H and O–H groups in total. The van der Waals surface area contributed by atoms with Gasteiger partial charge in [0.2, 0.25) is 0 Å². The van der Waals surface area contributed by atoms with Crippen LogP contribution in [0.4, 0.5) is 13.2 Å². The molecule has 0 saturated carbocycles. The molecule has 1 aromatic rings. The zero-order valence-corrected chi connectivity index (χ0v) is 12.3. The highest BCUT2D eigenvalue weighted by Gasteiger charge is 2.32. The number of ether oxygens (including phenoxy) is 1. The van der Waals surface area contributed by atoms with Gasteiger partial charge in [-0.25, -0.2) is 0 Å². The van der Waals surface area contributed by atoms with Crippen molar-refractivity contribution in [2.75, 3.05) is 0 Å². The van der Waals surface area contributed by atoms with Gasteiger partial charge in [-0.1, -0.05) is 22.0 Å². The van der Waals surface area contributed by atoms with Crippen molar-refractivity contribution in [2.24, 2.45) is 5.73 Å². The first kappa shape index (κ1) is 18.3. The second-order valence-corrected chi connectivity index (χ2v) is 4.62. The van der Waals surface area contributed by atoms with Crippen molar-refractivity contribution in [1.29, 1.82) is 0 Å². The van der Waals surface area contributed by atoms with E-state index in [2.05, 4.69) is 27.2 Å². The molecule has 0 aliphatic heterocycles. The molecule has 108 valence electrons. The van der Waals surface area contributed by atoms with E-state index in [9.17, 15) is 13.2 Å². The van der Waals surface area contributed by atoms with Crippen LogP contribution in [0.1, 0.15) is 24.4 Å². The maximum absolute atomic E-state index is 12.2. The highest BCUT2D eigenvalue weighted by Crippen LogP contribution is 2.33. The summed E-state index contributed by atoms with van der Waals surface area (Å²) in [5.41, 5.74) is 6.18. The third-order valence-electron chi connectivity index (χ3n) is 2.28. The minimum Gasteiger partial charge on any atom is -0.405 e. The summed E-state index contributed by atoms with van der Waals surface area (Å²) in [5, 5.41) is 0. The van der Waals surface area contributed by atoms with E-state index in [0.717, 1.165) is 0 Å². The largest absolute Gasteiger partial charge is 0.573 e. The van der Waals surface area contributed by atoms with Crippen molar-refractivity contribution in [3.8, 4) is 5.75 Å². The molecule has 2 nitrogen and oxygen atoms in total. The van der Waals surface area contributed by atoms with Crippen LogP contribution in [0.5, 0.6) is 5.75 Å². The van der Waals surface area contributed by atoms with Gasteiger partial charge in [-0.2, -0.15) is 0 Å². The third-order valence-corrected chi connectivity index (χ3v) is 2.77. The van der Waals surface area contributed by atoms with Crippen molar-refractivity contribution in [2.45, 2.75) is 25.2 Å². The van der Waals surface area contributed by atoms with Gasteiger partial charge < -0.3 is 10.5 Å². The van der Waals surface area contributed by atoms with Gasteiger partial charge in [0.15, 0.2) is 0 Å². The SMILES string of the molecule is C=CCC[C@H](N)c1cc(Br)ccc1OC(F)(F)F.Cl. The Morgan fingerprint density at radius 1 is 1.42 bits per heavy atom. The van der Waals surface area contributed by atoms with E-state index in [-0.39, 0.29) is 18.2 Å². The van der Waals surface area contributed by atoms with Crippen LogP contribution in [-0.4, -0.2) is 6.36 Å². The summed E-state index contributed by atoms with van der Waals surface area (Å²) >= 11 is 3.20. The molecular formula is C12H14BrClF3NO. The van der Waals surface area contributed by atoms with Gasteiger partial charge in [-0.15, -0.1) is 32.2 Å². The molecule has 0 bridgehead atoms. The highest BCUT2D eigenvalue weighted by molar-refractivity contribution is 9.10. The normalized spacial score (nSPS) is 12.5. The van der Waals surface area contributed by atoms with Crippen LogP contribution < -0.4 is 10.5 Å². The standard InChI is InChI=1S/C12H13BrF3NO.ClH/c1-2-3-4-10(17)9-7-8(13)5-6-11(9)18-12(14,15)16;/h2,5-7,10H,1,3-4,17H2;1H/t10-;/m0./s1. The molecule has 1 atom stereocenters. The van der Waals surface area contributed by atoms with Crippen LogP contribution in [-0.2, 0) is 0 Å². The number of hydrogen-bond donors (Lipinski definition) is 1. The number of benzene rings is 1. The predicted molar refractivity (Wildman–Crippen MR) is 74.4 cm³/mol. The first-order valence-electron chi connectivity index (χ1n) is 5.25. The quantitative estimate of drug-likeness (QED) is 0.770. The molecule has 0 unspecified atom stereocenters. The average molecular weight is 361 g/mol. The Balaban J connectivity index is 0.00000324. The number of hydrogen-bond acceptors (Lipinski definition) is 2. The van der Waals surface area contributed by atoms with Crippen LogP contribution in [0.25, 0.3) is 0 Å². The lowest BCUT2D eigenvalue weighted by molar-refractivity contribution is -0.275. The molecule has 7 heteroatoms. The van der Waals surface area contributed by atoms with Gasteiger partial charge >= 0.3 is 6.36 Å². The Hall–Kier alpha value is -0.720. The van der Waals surface area contributed by atoms with E-state index in [4.69, 9.17) is 5.73 Å². The fourth-order valence-corrected chi connectivity index (χ4v) is 1.86. The predicted octanol–water partition coefficient (Wildman–Crippen LogP) is 4.74. The van der Waals surface area contributed by atoms with E-state index < -0.39 is 12.4 Å². The third kappa shape index (κ3) is 6.31. The second-order valence-electron chi connectivity index (χ2n) is 3.70. The number of allylic oxidation sites excluding steroid dienone is 1. The molecule has 0 amide bonds. The summed E-state index contributed by atoms with van der Waals surface area (Å²) in [6.07, 6.45) is -1.92. The molecule has 0 aliphatic rings. The molecule has 0 radical (unpaired) electrons. The number of halogens is 5. The molecule has 0 aliphatic carbocycles. The summed E-state index contributed by atoms with van der Waals surface area (Å²) in [7, 11) is 0. The van der Waals surface area contributed by atoms with Crippen molar-refractivity contribution >= 4 is 28.3 Å². The Labute approximate surface area is 124 Å². The van der Waals surface area contributed by atoms with E-state index >= 15 is 0 Å². The van der Waals surface area contributed by atoms with Crippen molar-refractivity contribution in [1.82, 2.24) is 0 Å². The molecule has 19 heavy (non-hydrogen) atoms. The van der Waals surface area contributed by atoms with Gasteiger partial charge in [0, 0.05) is 16.1 Å². The monoisotopic (exact) mass is 359 g/mol. The van der Waals surface area contributed by atoms with Gasteiger partial charge in [0.25, 0.3) is 0 Å². The smallest absolute Gasteiger partial charge is 0.405 e. The summed E-state index contributed by atoms with van der Waals surface area (Å²) < 4.78 is 41.4. The Kier molecular flexibility index (Phi) is 7.47. The molecule has 0 saturated heterocycles. The van der Waals surface area contributed by atoms with E-state index in [1.165, 1.54) is 18.2 Å². The zero-order chi connectivity index (χ0) is 13.8. The summed E-state index contributed by atoms with van der Waals surface area (Å²) in [4.78, 5) is 0. The highest BCUT2D eigenvalue weighted by atomic mass is 79.9. The zero-order valence-electron chi connectivity index (χ0n) is 9.91. The molecule has 0 heterocycles. The maximum atomic E-state index is 12.2. The fourth-order valence-electron chi connectivity index (χ4n) is 1.48. The minimum absolute atomic E-state index is 0.